The second kappa shape index (κ2) is 4.42. The summed E-state index contributed by atoms with van der Waals surface area (Å²) in [6, 6.07) is 5.30. The van der Waals surface area contributed by atoms with Crippen LogP contribution in [0.25, 0.3) is 10.9 Å². The molecular weight excluding hydrogens is 248 g/mol. The Morgan fingerprint density at radius 1 is 1.16 bits per heavy atom. The quantitative estimate of drug-likeness (QED) is 0.768. The maximum atomic E-state index is 13.2. The van der Waals surface area contributed by atoms with E-state index in [1.54, 1.807) is 12.3 Å². The van der Waals surface area contributed by atoms with E-state index in [9.17, 15) is 8.78 Å². The van der Waals surface area contributed by atoms with E-state index in [2.05, 4.69) is 15.2 Å². The fourth-order valence-corrected chi connectivity index (χ4v) is 2.24. The molecule has 0 aliphatic rings. The number of halogens is 2. The Labute approximate surface area is 108 Å². The number of rotatable bonds is 2. The predicted octanol–water partition coefficient (Wildman–Crippen LogP) is 3.14. The SMILES string of the molecule is Cc1[nH]nc2ccnc(Cc3cc(F)cc(F)c3)c12. The van der Waals surface area contributed by atoms with Gasteiger partial charge in [-0.1, -0.05) is 0 Å². The normalized spacial score (nSPS) is 11.1. The van der Waals surface area contributed by atoms with Crippen LogP contribution in [-0.2, 0) is 6.42 Å². The number of hydrogen-bond acceptors (Lipinski definition) is 2. The number of nitrogens with one attached hydrogen (secondary N) is 1. The summed E-state index contributed by atoms with van der Waals surface area (Å²) in [7, 11) is 0. The summed E-state index contributed by atoms with van der Waals surface area (Å²) >= 11 is 0. The average molecular weight is 259 g/mol. The van der Waals surface area contributed by atoms with Crippen LogP contribution in [0, 0.1) is 18.6 Å². The first-order chi connectivity index (χ1) is 9.13. The summed E-state index contributed by atoms with van der Waals surface area (Å²) in [5.41, 5.74) is 3.02. The maximum absolute atomic E-state index is 13.2. The molecule has 19 heavy (non-hydrogen) atoms. The number of aromatic amines is 1. The Kier molecular flexibility index (Phi) is 2.74. The van der Waals surface area contributed by atoms with Crippen molar-refractivity contribution in [2.24, 2.45) is 0 Å². The first-order valence-electron chi connectivity index (χ1n) is 5.87. The lowest BCUT2D eigenvalue weighted by atomic mass is 10.1. The van der Waals surface area contributed by atoms with Gasteiger partial charge >= 0.3 is 0 Å². The van der Waals surface area contributed by atoms with Crippen LogP contribution < -0.4 is 0 Å². The van der Waals surface area contributed by atoms with Gasteiger partial charge in [-0.15, -0.1) is 0 Å². The van der Waals surface area contributed by atoms with E-state index >= 15 is 0 Å². The molecule has 0 unspecified atom stereocenters. The molecule has 1 N–H and O–H groups in total. The third kappa shape index (κ3) is 2.19. The standard InChI is InChI=1S/C14H11F2N3/c1-8-14-12(19-18-8)2-3-17-13(14)6-9-4-10(15)7-11(16)5-9/h2-5,7H,6H2,1H3,(H,18,19). The first kappa shape index (κ1) is 11.8. The van der Waals surface area contributed by atoms with Crippen LogP contribution in [0.5, 0.6) is 0 Å². The minimum Gasteiger partial charge on any atom is -0.282 e. The summed E-state index contributed by atoms with van der Waals surface area (Å²) in [4.78, 5) is 4.29. The summed E-state index contributed by atoms with van der Waals surface area (Å²) in [6.45, 7) is 1.90. The van der Waals surface area contributed by atoms with Crippen molar-refractivity contribution in [3.63, 3.8) is 0 Å². The van der Waals surface area contributed by atoms with E-state index in [1.165, 1.54) is 12.1 Å². The molecule has 3 aromatic rings. The van der Waals surface area contributed by atoms with Gasteiger partial charge in [-0.3, -0.25) is 10.1 Å². The number of aryl methyl sites for hydroxylation is 1. The summed E-state index contributed by atoms with van der Waals surface area (Å²) < 4.78 is 26.4. The van der Waals surface area contributed by atoms with Crippen LogP contribution in [0.4, 0.5) is 8.78 Å². The molecular formula is C14H11F2N3. The van der Waals surface area contributed by atoms with Crippen LogP contribution in [0.15, 0.2) is 30.5 Å². The molecule has 0 amide bonds. The molecule has 0 radical (unpaired) electrons. The molecule has 0 saturated heterocycles. The number of hydrogen-bond donors (Lipinski definition) is 1. The van der Waals surface area contributed by atoms with E-state index < -0.39 is 11.6 Å². The molecule has 0 atom stereocenters. The largest absolute Gasteiger partial charge is 0.282 e. The molecule has 2 heterocycles. The van der Waals surface area contributed by atoms with Gasteiger partial charge in [0.05, 0.1) is 11.2 Å². The molecule has 1 aromatic carbocycles. The lowest BCUT2D eigenvalue weighted by Crippen LogP contribution is -1.95. The van der Waals surface area contributed by atoms with Crippen molar-refractivity contribution < 1.29 is 8.78 Å². The van der Waals surface area contributed by atoms with Crippen molar-refractivity contribution in [1.82, 2.24) is 15.2 Å². The van der Waals surface area contributed by atoms with Crippen LogP contribution in [-0.4, -0.2) is 15.2 Å². The van der Waals surface area contributed by atoms with Crippen LogP contribution >= 0.6 is 0 Å². The van der Waals surface area contributed by atoms with Crippen LogP contribution in [0.2, 0.25) is 0 Å². The number of aromatic nitrogens is 3. The second-order valence-electron chi connectivity index (χ2n) is 4.45. The summed E-state index contributed by atoms with van der Waals surface area (Å²) in [6.07, 6.45) is 2.01. The van der Waals surface area contributed by atoms with Gasteiger partial charge in [0.25, 0.3) is 0 Å². The van der Waals surface area contributed by atoms with E-state index in [0.29, 0.717) is 12.0 Å². The zero-order valence-electron chi connectivity index (χ0n) is 10.2. The number of nitrogens with zero attached hydrogens (tertiary/aromatic N) is 2. The molecule has 3 rings (SSSR count). The molecule has 0 fully saturated rings. The fraction of sp³-hybridized carbons (Fsp3) is 0.143. The van der Waals surface area contributed by atoms with E-state index in [1.807, 2.05) is 6.92 Å². The molecule has 2 aromatic heterocycles. The predicted molar refractivity (Wildman–Crippen MR) is 67.8 cm³/mol. The molecule has 0 aliphatic heterocycles. The van der Waals surface area contributed by atoms with Gasteiger partial charge in [-0.05, 0) is 30.7 Å². The van der Waals surface area contributed by atoms with Gasteiger partial charge in [-0.2, -0.15) is 5.10 Å². The minimum absolute atomic E-state index is 0.367. The number of pyridine rings is 1. The minimum atomic E-state index is -0.578. The summed E-state index contributed by atoms with van der Waals surface area (Å²) in [5.74, 6) is -1.16. The van der Waals surface area contributed by atoms with E-state index in [-0.39, 0.29) is 0 Å². The Morgan fingerprint density at radius 3 is 2.63 bits per heavy atom. The highest BCUT2D eigenvalue weighted by Gasteiger charge is 2.10. The molecule has 96 valence electrons. The molecule has 0 spiro atoms. The Hall–Kier alpha value is -2.30. The highest BCUT2D eigenvalue weighted by Crippen LogP contribution is 2.21. The molecule has 3 nitrogen and oxygen atoms in total. The number of fused-ring (bicyclic) bond motifs is 1. The van der Waals surface area contributed by atoms with Crippen LogP contribution in [0.1, 0.15) is 17.0 Å². The third-order valence-corrected chi connectivity index (χ3v) is 3.02. The van der Waals surface area contributed by atoms with Crippen molar-refractivity contribution >= 4 is 10.9 Å². The Morgan fingerprint density at radius 2 is 1.89 bits per heavy atom. The van der Waals surface area contributed by atoms with E-state index in [0.717, 1.165) is 28.4 Å². The topological polar surface area (TPSA) is 41.6 Å². The van der Waals surface area contributed by atoms with Crippen LogP contribution in [0.3, 0.4) is 0 Å². The number of benzene rings is 1. The molecule has 5 heteroatoms. The van der Waals surface area contributed by atoms with Gasteiger partial charge in [0, 0.05) is 29.8 Å². The molecule has 0 aliphatic carbocycles. The first-order valence-corrected chi connectivity index (χ1v) is 5.87. The number of H-pyrrole nitrogens is 1. The van der Waals surface area contributed by atoms with Gasteiger partial charge in [0.1, 0.15) is 11.6 Å². The van der Waals surface area contributed by atoms with Crippen molar-refractivity contribution in [2.75, 3.05) is 0 Å². The zero-order chi connectivity index (χ0) is 13.4. The van der Waals surface area contributed by atoms with Crippen molar-refractivity contribution in [3.8, 4) is 0 Å². The lowest BCUT2D eigenvalue weighted by Gasteiger charge is -2.04. The summed E-state index contributed by atoms with van der Waals surface area (Å²) in [5, 5.41) is 7.94. The monoisotopic (exact) mass is 259 g/mol. The van der Waals surface area contributed by atoms with Gasteiger partial charge in [0.15, 0.2) is 0 Å². The zero-order valence-corrected chi connectivity index (χ0v) is 10.2. The fourth-order valence-electron chi connectivity index (χ4n) is 2.24. The second-order valence-corrected chi connectivity index (χ2v) is 4.45. The average Bonchev–Trinajstić information content (AvgIpc) is 2.71. The highest BCUT2D eigenvalue weighted by atomic mass is 19.1. The Bertz CT molecular complexity index is 729. The van der Waals surface area contributed by atoms with Crippen molar-refractivity contribution in [2.45, 2.75) is 13.3 Å². The van der Waals surface area contributed by atoms with E-state index in [4.69, 9.17) is 0 Å². The highest BCUT2D eigenvalue weighted by molar-refractivity contribution is 5.83. The van der Waals surface area contributed by atoms with Crippen molar-refractivity contribution in [1.29, 1.82) is 0 Å². The van der Waals surface area contributed by atoms with Crippen molar-refractivity contribution in [3.05, 3.63) is 59.0 Å². The third-order valence-electron chi connectivity index (χ3n) is 3.02. The lowest BCUT2D eigenvalue weighted by molar-refractivity contribution is 0.580. The molecule has 0 bridgehead atoms. The van der Waals surface area contributed by atoms with Gasteiger partial charge in [-0.25, -0.2) is 8.78 Å². The molecule has 0 saturated carbocycles. The van der Waals surface area contributed by atoms with Gasteiger partial charge < -0.3 is 0 Å². The Balaban J connectivity index is 2.08. The maximum Gasteiger partial charge on any atom is 0.126 e. The smallest absolute Gasteiger partial charge is 0.126 e. The van der Waals surface area contributed by atoms with Gasteiger partial charge in [0.2, 0.25) is 0 Å².